The number of pyridine rings is 1. The van der Waals surface area contributed by atoms with Crippen molar-refractivity contribution < 1.29 is 10.2 Å². The maximum absolute atomic E-state index is 12.3. The number of aromatic nitrogens is 1. The topological polar surface area (TPSA) is 68.6 Å². The molecule has 2 atom stereocenters. The third-order valence-electron chi connectivity index (χ3n) is 6.83. The number of nitrogens with zero attached hydrogens (tertiary/aromatic N) is 2. The largest absolute Gasteiger partial charge is 0.380 e. The van der Waals surface area contributed by atoms with Gasteiger partial charge in [-0.05, 0) is 36.7 Å². The van der Waals surface area contributed by atoms with Gasteiger partial charge in [-0.1, -0.05) is 56.9 Å². The Labute approximate surface area is 185 Å². The first kappa shape index (κ1) is 22.0. The fraction of sp³-hybridized carbons (Fsp3) is 0.500. The number of nitrogens with one attached hydrogen (secondary N) is 1. The lowest BCUT2D eigenvalue weighted by molar-refractivity contribution is -0.127. The molecule has 2 fully saturated rings. The van der Waals surface area contributed by atoms with Gasteiger partial charge in [-0.25, -0.2) is 0 Å². The average molecular weight is 420 g/mol. The highest BCUT2D eigenvalue weighted by molar-refractivity contribution is 5.45. The van der Waals surface area contributed by atoms with Gasteiger partial charge in [0.05, 0.1) is 0 Å². The summed E-state index contributed by atoms with van der Waals surface area (Å²) >= 11 is 0. The van der Waals surface area contributed by atoms with Crippen LogP contribution in [0.15, 0.2) is 42.7 Å². The highest BCUT2D eigenvalue weighted by Gasteiger charge is 2.55. The number of rotatable bonds is 4. The third-order valence-corrected chi connectivity index (χ3v) is 6.83. The number of likely N-dealkylation sites (tertiary alicyclic amines) is 1. The van der Waals surface area contributed by atoms with Gasteiger partial charge in [0.1, 0.15) is 11.2 Å². The minimum atomic E-state index is -1.19. The fourth-order valence-electron chi connectivity index (χ4n) is 5.03. The van der Waals surface area contributed by atoms with Gasteiger partial charge in [0.15, 0.2) is 0 Å². The highest BCUT2D eigenvalue weighted by atomic mass is 16.3. The van der Waals surface area contributed by atoms with Crippen LogP contribution in [0.4, 0.5) is 0 Å². The van der Waals surface area contributed by atoms with E-state index in [1.54, 1.807) is 12.4 Å². The molecule has 1 unspecified atom stereocenters. The Kier molecular flexibility index (Phi) is 5.70. The van der Waals surface area contributed by atoms with Gasteiger partial charge in [0.25, 0.3) is 0 Å². The standard InChI is InChI=1S/C26H33N3O2/c1-19(2)21-5-7-22(8-6-21)26(31,24(3)17-29(4)18-24)23-13-20(14-28-15-23)9-10-25(30)11-12-27-16-25/h5-8,13-15,19,27,30-31H,11-12,16-18H2,1-4H3/t25?,26-/m0/s1. The van der Waals surface area contributed by atoms with Crippen molar-refractivity contribution in [3.05, 3.63) is 65.0 Å². The van der Waals surface area contributed by atoms with Gasteiger partial charge in [-0.15, -0.1) is 0 Å². The van der Waals surface area contributed by atoms with E-state index < -0.39 is 11.2 Å². The minimum Gasteiger partial charge on any atom is -0.380 e. The number of aliphatic hydroxyl groups is 2. The second-order valence-corrected chi connectivity index (χ2v) is 9.89. The van der Waals surface area contributed by atoms with Gasteiger partial charge >= 0.3 is 0 Å². The molecular weight excluding hydrogens is 386 g/mol. The van der Waals surface area contributed by atoms with Crippen LogP contribution >= 0.6 is 0 Å². The van der Waals surface area contributed by atoms with Crippen LogP contribution in [-0.2, 0) is 5.60 Å². The summed E-state index contributed by atoms with van der Waals surface area (Å²) in [4.78, 5) is 6.62. The molecule has 5 heteroatoms. The third kappa shape index (κ3) is 4.02. The smallest absolute Gasteiger partial charge is 0.139 e. The number of β-amino-alcohol motifs (C(OH)–C–C–N with tert-alkyl or cyclic N) is 1. The van der Waals surface area contributed by atoms with E-state index in [9.17, 15) is 10.2 Å². The summed E-state index contributed by atoms with van der Waals surface area (Å²) in [6, 6.07) is 10.2. The molecule has 0 radical (unpaired) electrons. The molecule has 0 saturated carbocycles. The molecule has 2 saturated heterocycles. The summed E-state index contributed by atoms with van der Waals surface area (Å²) in [5.74, 6) is 6.52. The Morgan fingerprint density at radius 3 is 2.45 bits per heavy atom. The molecule has 0 aliphatic carbocycles. The summed E-state index contributed by atoms with van der Waals surface area (Å²) in [6.07, 6.45) is 4.06. The van der Waals surface area contributed by atoms with Crippen LogP contribution in [0.1, 0.15) is 55.4 Å². The van der Waals surface area contributed by atoms with Crippen molar-refractivity contribution >= 4 is 0 Å². The van der Waals surface area contributed by atoms with Crippen molar-refractivity contribution in [2.24, 2.45) is 5.41 Å². The van der Waals surface area contributed by atoms with Gasteiger partial charge in [0, 0.05) is 55.0 Å². The molecule has 5 nitrogen and oxygen atoms in total. The van der Waals surface area contributed by atoms with Crippen molar-refractivity contribution in [3.8, 4) is 11.8 Å². The summed E-state index contributed by atoms with van der Waals surface area (Å²) in [7, 11) is 2.07. The molecule has 1 aromatic carbocycles. The Bertz CT molecular complexity index is 993. The summed E-state index contributed by atoms with van der Waals surface area (Å²) < 4.78 is 0. The van der Waals surface area contributed by atoms with Crippen molar-refractivity contribution in [3.63, 3.8) is 0 Å². The maximum Gasteiger partial charge on any atom is 0.139 e. The molecule has 2 aliphatic heterocycles. The minimum absolute atomic E-state index is 0.345. The lowest BCUT2D eigenvalue weighted by Gasteiger charge is -2.55. The summed E-state index contributed by atoms with van der Waals surface area (Å²) in [5.41, 5.74) is 1.03. The van der Waals surface area contributed by atoms with Gasteiger partial charge in [0.2, 0.25) is 0 Å². The van der Waals surface area contributed by atoms with Crippen LogP contribution in [0.5, 0.6) is 0 Å². The second kappa shape index (κ2) is 8.03. The molecule has 0 amide bonds. The molecule has 3 N–H and O–H groups in total. The molecule has 2 aliphatic rings. The lowest BCUT2D eigenvalue weighted by Crippen LogP contribution is -2.63. The Morgan fingerprint density at radius 1 is 1.16 bits per heavy atom. The van der Waals surface area contributed by atoms with Crippen molar-refractivity contribution in [1.29, 1.82) is 0 Å². The Morgan fingerprint density at radius 2 is 1.87 bits per heavy atom. The molecule has 31 heavy (non-hydrogen) atoms. The zero-order chi connectivity index (χ0) is 22.3. The number of hydrogen-bond donors (Lipinski definition) is 3. The van der Waals surface area contributed by atoms with E-state index >= 15 is 0 Å². The van der Waals surface area contributed by atoms with E-state index in [1.165, 1.54) is 5.56 Å². The van der Waals surface area contributed by atoms with E-state index in [-0.39, 0.29) is 5.41 Å². The first-order valence-corrected chi connectivity index (χ1v) is 11.1. The SMILES string of the molecule is CC(C)c1ccc([C@](O)(c2cncc(C#CC3(O)CCNC3)c2)C2(C)CN(C)C2)cc1. The maximum atomic E-state index is 12.3. The Balaban J connectivity index is 1.75. The van der Waals surface area contributed by atoms with E-state index in [0.717, 1.165) is 30.8 Å². The van der Waals surface area contributed by atoms with Crippen LogP contribution < -0.4 is 5.32 Å². The van der Waals surface area contributed by atoms with E-state index in [2.05, 4.69) is 67.0 Å². The molecule has 0 bridgehead atoms. The van der Waals surface area contributed by atoms with Crippen LogP contribution in [0, 0.1) is 17.3 Å². The van der Waals surface area contributed by atoms with Crippen molar-refractivity contribution in [1.82, 2.24) is 15.2 Å². The quantitative estimate of drug-likeness (QED) is 0.665. The monoisotopic (exact) mass is 419 g/mol. The first-order valence-electron chi connectivity index (χ1n) is 11.1. The van der Waals surface area contributed by atoms with Crippen LogP contribution in [0.25, 0.3) is 0 Å². The van der Waals surface area contributed by atoms with Crippen molar-refractivity contribution in [2.75, 3.05) is 33.2 Å². The van der Waals surface area contributed by atoms with E-state index in [0.29, 0.717) is 24.4 Å². The average Bonchev–Trinajstić information content (AvgIpc) is 3.17. The van der Waals surface area contributed by atoms with Crippen LogP contribution in [0.3, 0.4) is 0 Å². The normalized spacial score (nSPS) is 24.9. The number of benzene rings is 1. The van der Waals surface area contributed by atoms with E-state index in [1.807, 2.05) is 18.2 Å². The first-order chi connectivity index (χ1) is 14.7. The fourth-order valence-corrected chi connectivity index (χ4v) is 5.03. The molecule has 0 spiro atoms. The molecule has 3 heterocycles. The van der Waals surface area contributed by atoms with Gasteiger partial charge < -0.3 is 20.4 Å². The Hall–Kier alpha value is -2.23. The number of hydrogen-bond acceptors (Lipinski definition) is 5. The predicted octanol–water partition coefficient (Wildman–Crippen LogP) is 2.47. The van der Waals surface area contributed by atoms with E-state index in [4.69, 9.17) is 0 Å². The van der Waals surface area contributed by atoms with Crippen LogP contribution in [0.2, 0.25) is 0 Å². The lowest BCUT2D eigenvalue weighted by atomic mass is 9.62. The summed E-state index contributed by atoms with van der Waals surface area (Å²) in [6.45, 7) is 9.29. The molecule has 2 aromatic rings. The van der Waals surface area contributed by atoms with Gasteiger partial charge in [-0.3, -0.25) is 4.98 Å². The highest BCUT2D eigenvalue weighted by Crippen LogP contribution is 2.50. The van der Waals surface area contributed by atoms with Crippen molar-refractivity contribution in [2.45, 2.75) is 44.3 Å². The zero-order valence-electron chi connectivity index (χ0n) is 18.9. The molecule has 4 rings (SSSR count). The molecule has 164 valence electrons. The molecular formula is C26H33N3O2. The van der Waals surface area contributed by atoms with Crippen LogP contribution in [-0.4, -0.2) is 58.9 Å². The second-order valence-electron chi connectivity index (χ2n) is 9.89. The predicted molar refractivity (Wildman–Crippen MR) is 123 cm³/mol. The van der Waals surface area contributed by atoms with Gasteiger partial charge in [-0.2, -0.15) is 0 Å². The summed E-state index contributed by atoms with van der Waals surface area (Å²) in [5, 5.41) is 25.9. The molecule has 1 aromatic heterocycles. The zero-order valence-corrected chi connectivity index (χ0v) is 18.9.